The first kappa shape index (κ1) is 18.0. The summed E-state index contributed by atoms with van der Waals surface area (Å²) in [4.78, 5) is 47.4. The van der Waals surface area contributed by atoms with Gasteiger partial charge in [0.1, 0.15) is 6.04 Å². The second-order valence-electron chi connectivity index (χ2n) is 5.82. The second-order valence-corrected chi connectivity index (χ2v) is 5.82. The van der Waals surface area contributed by atoms with Crippen LogP contribution in [-0.2, 0) is 16.0 Å². The van der Waals surface area contributed by atoms with E-state index in [4.69, 9.17) is 5.73 Å². The number of aromatic amines is 1. The van der Waals surface area contributed by atoms with Crippen LogP contribution in [0.25, 0.3) is 11.3 Å². The van der Waals surface area contributed by atoms with Gasteiger partial charge in [-0.2, -0.15) is 0 Å². The van der Waals surface area contributed by atoms with Crippen molar-refractivity contribution in [1.82, 2.24) is 20.3 Å². The minimum atomic E-state index is -1.11. The van der Waals surface area contributed by atoms with Crippen molar-refractivity contribution in [3.63, 3.8) is 0 Å². The molecule has 3 aromatic heterocycles. The minimum absolute atomic E-state index is 0.102. The molecule has 0 aliphatic carbocycles. The fraction of sp³-hybridized carbons (Fsp3) is 0.105. The average Bonchev–Trinajstić information content (AvgIpc) is 3.18. The zero-order valence-corrected chi connectivity index (χ0v) is 14.3. The van der Waals surface area contributed by atoms with Gasteiger partial charge in [0.15, 0.2) is 0 Å². The smallest absolute Gasteiger partial charge is 0.287 e. The number of primary amides is 1. The molecule has 0 aliphatic rings. The lowest BCUT2D eigenvalue weighted by atomic mass is 10.0. The molecule has 0 saturated carbocycles. The number of rotatable bonds is 7. The Morgan fingerprint density at radius 3 is 2.63 bits per heavy atom. The first-order chi connectivity index (χ1) is 13.1. The molecule has 0 radical (unpaired) electrons. The summed E-state index contributed by atoms with van der Waals surface area (Å²) in [5, 5.41) is 2.59. The summed E-state index contributed by atoms with van der Waals surface area (Å²) in [7, 11) is 0. The number of hydrogen-bond acceptors (Lipinski definition) is 5. The van der Waals surface area contributed by atoms with E-state index in [0.717, 1.165) is 0 Å². The molecular weight excluding hydrogens is 346 g/mol. The predicted octanol–water partition coefficient (Wildman–Crippen LogP) is 0.867. The number of amides is 2. The normalized spacial score (nSPS) is 11.6. The fourth-order valence-corrected chi connectivity index (χ4v) is 2.66. The van der Waals surface area contributed by atoms with Gasteiger partial charge in [-0.15, -0.1) is 0 Å². The summed E-state index contributed by atoms with van der Waals surface area (Å²) in [6.07, 6.45) is 8.02. The van der Waals surface area contributed by atoms with E-state index in [9.17, 15) is 14.4 Å². The van der Waals surface area contributed by atoms with E-state index in [0.29, 0.717) is 22.4 Å². The lowest BCUT2D eigenvalue weighted by molar-refractivity contribution is -0.137. The van der Waals surface area contributed by atoms with Gasteiger partial charge in [0.25, 0.3) is 11.8 Å². The van der Waals surface area contributed by atoms with Gasteiger partial charge in [0.2, 0.25) is 5.78 Å². The second kappa shape index (κ2) is 8.05. The highest BCUT2D eigenvalue weighted by molar-refractivity contribution is 6.38. The van der Waals surface area contributed by atoms with Crippen molar-refractivity contribution in [2.24, 2.45) is 5.73 Å². The molecule has 1 unspecified atom stereocenters. The quantitative estimate of drug-likeness (QED) is 0.536. The maximum absolute atomic E-state index is 12.7. The molecule has 27 heavy (non-hydrogen) atoms. The molecule has 0 saturated heterocycles. The molecule has 0 aliphatic heterocycles. The molecule has 8 heteroatoms. The van der Waals surface area contributed by atoms with Gasteiger partial charge < -0.3 is 16.0 Å². The third kappa shape index (κ3) is 4.24. The van der Waals surface area contributed by atoms with Crippen LogP contribution in [0.15, 0.2) is 61.3 Å². The highest BCUT2D eigenvalue weighted by Crippen LogP contribution is 2.21. The molecule has 4 N–H and O–H groups in total. The van der Waals surface area contributed by atoms with Gasteiger partial charge in [0, 0.05) is 43.0 Å². The van der Waals surface area contributed by atoms with Crippen LogP contribution in [0, 0.1) is 0 Å². The van der Waals surface area contributed by atoms with E-state index in [1.165, 1.54) is 6.20 Å². The molecule has 8 nitrogen and oxygen atoms in total. The largest absolute Gasteiger partial charge is 0.366 e. The molecule has 136 valence electrons. The van der Waals surface area contributed by atoms with Crippen molar-refractivity contribution >= 4 is 17.6 Å². The molecular formula is C19H17N5O3. The maximum Gasteiger partial charge on any atom is 0.287 e. The van der Waals surface area contributed by atoms with Gasteiger partial charge in [0.05, 0.1) is 11.3 Å². The Kier molecular flexibility index (Phi) is 5.36. The van der Waals surface area contributed by atoms with Gasteiger partial charge in [-0.1, -0.05) is 12.1 Å². The van der Waals surface area contributed by atoms with Crippen molar-refractivity contribution in [1.29, 1.82) is 0 Å². The summed E-state index contributed by atoms with van der Waals surface area (Å²) < 4.78 is 0. The molecule has 3 heterocycles. The number of carbonyl (C=O) groups is 3. The first-order valence-electron chi connectivity index (χ1n) is 8.18. The third-order valence-corrected chi connectivity index (χ3v) is 3.96. The SMILES string of the molecule is NC(=O)C(=O)C(Cc1cccnc1)NC(=O)c1c[nH]cc1-c1ccccn1. The van der Waals surface area contributed by atoms with Crippen LogP contribution >= 0.6 is 0 Å². The molecule has 0 bridgehead atoms. The highest BCUT2D eigenvalue weighted by Gasteiger charge is 2.27. The lowest BCUT2D eigenvalue weighted by Crippen LogP contribution is -2.47. The molecule has 0 aromatic carbocycles. The molecule has 3 rings (SSSR count). The lowest BCUT2D eigenvalue weighted by Gasteiger charge is -2.16. The van der Waals surface area contributed by atoms with Gasteiger partial charge in [-0.25, -0.2) is 0 Å². The average molecular weight is 363 g/mol. The number of nitrogens with zero attached hydrogens (tertiary/aromatic N) is 2. The summed E-state index contributed by atoms with van der Waals surface area (Å²) in [6.45, 7) is 0. The van der Waals surface area contributed by atoms with Gasteiger partial charge in [-0.05, 0) is 23.8 Å². The number of hydrogen-bond donors (Lipinski definition) is 3. The van der Waals surface area contributed by atoms with E-state index in [1.807, 2.05) is 0 Å². The molecule has 2 amide bonds. The fourth-order valence-electron chi connectivity index (χ4n) is 2.66. The number of H-pyrrole nitrogens is 1. The van der Waals surface area contributed by atoms with Crippen LogP contribution in [-0.4, -0.2) is 38.6 Å². The van der Waals surface area contributed by atoms with E-state index in [1.54, 1.807) is 55.1 Å². The Morgan fingerprint density at radius 1 is 1.11 bits per heavy atom. The van der Waals surface area contributed by atoms with Crippen LogP contribution in [0.1, 0.15) is 15.9 Å². The van der Waals surface area contributed by atoms with E-state index >= 15 is 0 Å². The number of ketones is 1. The third-order valence-electron chi connectivity index (χ3n) is 3.96. The Balaban J connectivity index is 1.84. The van der Waals surface area contributed by atoms with E-state index in [2.05, 4.69) is 20.3 Å². The summed E-state index contributed by atoms with van der Waals surface area (Å²) in [5.74, 6) is -2.49. The van der Waals surface area contributed by atoms with Crippen LogP contribution < -0.4 is 11.1 Å². The Bertz CT molecular complexity index is 954. The van der Waals surface area contributed by atoms with Crippen LogP contribution in [0.2, 0.25) is 0 Å². The molecule has 0 fully saturated rings. The zero-order chi connectivity index (χ0) is 19.2. The first-order valence-corrected chi connectivity index (χ1v) is 8.18. The van der Waals surface area contributed by atoms with Crippen LogP contribution in [0.4, 0.5) is 0 Å². The summed E-state index contributed by atoms with van der Waals surface area (Å²) in [6, 6.07) is 7.70. The topological polar surface area (TPSA) is 131 Å². The summed E-state index contributed by atoms with van der Waals surface area (Å²) in [5.41, 5.74) is 7.32. The van der Waals surface area contributed by atoms with Crippen molar-refractivity contribution in [2.75, 3.05) is 0 Å². The van der Waals surface area contributed by atoms with Crippen molar-refractivity contribution in [3.8, 4) is 11.3 Å². The zero-order valence-electron chi connectivity index (χ0n) is 14.3. The Morgan fingerprint density at radius 2 is 1.96 bits per heavy atom. The number of Topliss-reactive ketones (excluding diaryl/α,β-unsaturated/α-hetero) is 1. The van der Waals surface area contributed by atoms with E-state index < -0.39 is 23.6 Å². The highest BCUT2D eigenvalue weighted by atomic mass is 16.2. The number of pyridine rings is 2. The van der Waals surface area contributed by atoms with Crippen LogP contribution in [0.3, 0.4) is 0 Å². The number of nitrogens with one attached hydrogen (secondary N) is 2. The molecule has 0 spiro atoms. The predicted molar refractivity (Wildman–Crippen MR) is 97.4 cm³/mol. The van der Waals surface area contributed by atoms with Crippen molar-refractivity contribution in [2.45, 2.75) is 12.5 Å². The van der Waals surface area contributed by atoms with Crippen molar-refractivity contribution < 1.29 is 14.4 Å². The molecule has 1 atom stereocenters. The standard InChI is InChI=1S/C19H17N5O3/c20-18(26)17(25)16(8-12-4-3-6-21-9-12)24-19(27)14-11-22-10-13(14)15-5-1-2-7-23-15/h1-7,9-11,16,22H,8H2,(H2,20,26)(H,24,27). The molecule has 3 aromatic rings. The summed E-state index contributed by atoms with van der Waals surface area (Å²) >= 11 is 0. The number of carbonyl (C=O) groups excluding carboxylic acids is 3. The van der Waals surface area contributed by atoms with Crippen LogP contribution in [0.5, 0.6) is 0 Å². The van der Waals surface area contributed by atoms with E-state index in [-0.39, 0.29) is 6.42 Å². The number of nitrogens with two attached hydrogens (primary N) is 1. The Labute approximate surface area is 154 Å². The van der Waals surface area contributed by atoms with Gasteiger partial charge in [-0.3, -0.25) is 24.4 Å². The van der Waals surface area contributed by atoms with Gasteiger partial charge >= 0.3 is 0 Å². The van der Waals surface area contributed by atoms with Crippen molar-refractivity contribution in [3.05, 3.63) is 72.4 Å². The maximum atomic E-state index is 12.7. The monoisotopic (exact) mass is 363 g/mol. The Hall–Kier alpha value is -3.81. The number of aromatic nitrogens is 3. The minimum Gasteiger partial charge on any atom is -0.366 e.